The predicted molar refractivity (Wildman–Crippen MR) is 86.8 cm³/mol. The van der Waals surface area contributed by atoms with Crippen LogP contribution in [0.4, 0.5) is 11.4 Å². The molecular weight excluding hydrogens is 340 g/mol. The van der Waals surface area contributed by atoms with E-state index in [2.05, 4.69) is 5.32 Å². The molecule has 1 aromatic carbocycles. The molecule has 130 valence electrons. The Morgan fingerprint density at radius 2 is 1.96 bits per heavy atom. The first kappa shape index (κ1) is 18.1. The smallest absolute Gasteiger partial charge is 0.313 e. The summed E-state index contributed by atoms with van der Waals surface area (Å²) >= 11 is 5.70. The molecule has 0 atom stereocenters. The van der Waals surface area contributed by atoms with Gasteiger partial charge in [0.25, 0.3) is 5.69 Å². The Labute approximate surface area is 142 Å². The first-order chi connectivity index (χ1) is 11.4. The summed E-state index contributed by atoms with van der Waals surface area (Å²) in [6, 6.07) is 3.78. The Bertz CT molecular complexity index is 646. The van der Waals surface area contributed by atoms with E-state index < -0.39 is 16.7 Å². The average molecular weight is 357 g/mol. The molecular formula is C14H17ClN4O5. The monoisotopic (exact) mass is 356 g/mol. The zero-order chi connectivity index (χ0) is 17.7. The number of nitro groups is 1. The molecule has 1 aliphatic rings. The Balaban J connectivity index is 1.96. The van der Waals surface area contributed by atoms with Crippen LogP contribution in [0, 0.1) is 10.1 Å². The van der Waals surface area contributed by atoms with Gasteiger partial charge in [-0.1, -0.05) is 11.6 Å². The first-order valence-corrected chi connectivity index (χ1v) is 7.67. The molecule has 0 unspecified atom stereocenters. The number of carbonyl (C=O) groups excluding carboxylic acids is 2. The van der Waals surface area contributed by atoms with Gasteiger partial charge in [0.2, 0.25) is 0 Å². The average Bonchev–Trinajstić information content (AvgIpc) is 2.56. The third-order valence-corrected chi connectivity index (χ3v) is 3.99. The number of hydrogen-bond donors (Lipinski definition) is 2. The van der Waals surface area contributed by atoms with E-state index in [-0.39, 0.29) is 23.0 Å². The number of anilines is 1. The van der Waals surface area contributed by atoms with Crippen molar-refractivity contribution in [1.82, 2.24) is 9.80 Å². The van der Waals surface area contributed by atoms with E-state index in [1.807, 2.05) is 4.90 Å². The maximum Gasteiger partial charge on any atom is 0.313 e. The second-order valence-electron chi connectivity index (χ2n) is 5.23. The van der Waals surface area contributed by atoms with Gasteiger partial charge in [-0.3, -0.25) is 24.6 Å². The highest BCUT2D eigenvalue weighted by molar-refractivity contribution is 6.39. The van der Waals surface area contributed by atoms with Gasteiger partial charge in [-0.15, -0.1) is 0 Å². The Kier molecular flexibility index (Phi) is 6.07. The number of carbonyl (C=O) groups is 2. The molecule has 9 nitrogen and oxygen atoms in total. The third kappa shape index (κ3) is 4.40. The van der Waals surface area contributed by atoms with Crippen LogP contribution in [-0.4, -0.2) is 71.0 Å². The van der Waals surface area contributed by atoms with E-state index in [0.29, 0.717) is 32.7 Å². The molecule has 1 fully saturated rings. The maximum absolute atomic E-state index is 12.1. The lowest BCUT2D eigenvalue weighted by atomic mass is 10.2. The van der Waals surface area contributed by atoms with Gasteiger partial charge in [-0.25, -0.2) is 0 Å². The number of aliphatic hydroxyl groups excluding tert-OH is 1. The molecule has 1 aromatic rings. The van der Waals surface area contributed by atoms with Gasteiger partial charge in [-0.2, -0.15) is 0 Å². The van der Waals surface area contributed by atoms with Gasteiger partial charge in [0.15, 0.2) is 0 Å². The van der Waals surface area contributed by atoms with E-state index in [0.717, 1.165) is 6.07 Å². The van der Waals surface area contributed by atoms with Gasteiger partial charge >= 0.3 is 11.8 Å². The van der Waals surface area contributed by atoms with E-state index in [1.165, 1.54) is 17.0 Å². The molecule has 0 spiro atoms. The lowest BCUT2D eigenvalue weighted by Crippen LogP contribution is -2.52. The topological polar surface area (TPSA) is 116 Å². The number of halogens is 1. The minimum Gasteiger partial charge on any atom is -0.395 e. The summed E-state index contributed by atoms with van der Waals surface area (Å²) in [6.07, 6.45) is 0. The first-order valence-electron chi connectivity index (χ1n) is 7.29. The molecule has 1 heterocycles. The number of piperazine rings is 1. The van der Waals surface area contributed by atoms with Gasteiger partial charge in [-0.05, 0) is 12.1 Å². The number of aliphatic hydroxyl groups is 1. The van der Waals surface area contributed by atoms with Crippen LogP contribution in [0.3, 0.4) is 0 Å². The van der Waals surface area contributed by atoms with Gasteiger partial charge in [0, 0.05) is 44.5 Å². The molecule has 0 radical (unpaired) electrons. The lowest BCUT2D eigenvalue weighted by molar-refractivity contribution is -0.384. The van der Waals surface area contributed by atoms with Gasteiger partial charge in [0.1, 0.15) is 5.02 Å². The third-order valence-electron chi connectivity index (χ3n) is 3.67. The van der Waals surface area contributed by atoms with Crippen LogP contribution < -0.4 is 5.32 Å². The van der Waals surface area contributed by atoms with Crippen LogP contribution in [0.5, 0.6) is 0 Å². The summed E-state index contributed by atoms with van der Waals surface area (Å²) in [7, 11) is 0. The number of amides is 2. The van der Waals surface area contributed by atoms with Crippen molar-refractivity contribution in [2.75, 3.05) is 44.6 Å². The molecule has 0 aliphatic carbocycles. The van der Waals surface area contributed by atoms with Crippen molar-refractivity contribution in [3.05, 3.63) is 33.3 Å². The Morgan fingerprint density at radius 1 is 1.29 bits per heavy atom. The van der Waals surface area contributed by atoms with Crippen molar-refractivity contribution < 1.29 is 19.6 Å². The maximum atomic E-state index is 12.1. The number of β-amino-alcohol motifs (C(OH)–C–C–N with tert-alkyl or cyclic N) is 1. The molecule has 1 saturated heterocycles. The van der Waals surface area contributed by atoms with Crippen LogP contribution in [0.1, 0.15) is 0 Å². The zero-order valence-electron chi connectivity index (χ0n) is 12.8. The minimum absolute atomic E-state index is 0.0454. The number of nitrogens with zero attached hydrogens (tertiary/aromatic N) is 3. The number of rotatable bonds is 4. The zero-order valence-corrected chi connectivity index (χ0v) is 13.5. The molecule has 2 rings (SSSR count). The fraction of sp³-hybridized carbons (Fsp3) is 0.429. The van der Waals surface area contributed by atoms with Crippen molar-refractivity contribution in [3.63, 3.8) is 0 Å². The molecule has 10 heteroatoms. The summed E-state index contributed by atoms with van der Waals surface area (Å²) in [6.45, 7) is 2.49. The summed E-state index contributed by atoms with van der Waals surface area (Å²) in [4.78, 5) is 37.7. The second-order valence-corrected chi connectivity index (χ2v) is 5.64. The summed E-state index contributed by atoms with van der Waals surface area (Å²) in [5.41, 5.74) is -0.220. The van der Waals surface area contributed by atoms with E-state index >= 15 is 0 Å². The molecule has 24 heavy (non-hydrogen) atoms. The highest BCUT2D eigenvalue weighted by Crippen LogP contribution is 2.27. The number of benzene rings is 1. The summed E-state index contributed by atoms with van der Waals surface area (Å²) in [5.74, 6) is -1.56. The van der Waals surface area contributed by atoms with Crippen LogP contribution >= 0.6 is 11.6 Å². The Morgan fingerprint density at radius 3 is 2.54 bits per heavy atom. The van der Waals surface area contributed by atoms with E-state index in [9.17, 15) is 19.7 Å². The van der Waals surface area contributed by atoms with Crippen molar-refractivity contribution in [2.45, 2.75) is 0 Å². The quantitative estimate of drug-likeness (QED) is 0.456. The van der Waals surface area contributed by atoms with Crippen LogP contribution in [-0.2, 0) is 9.59 Å². The molecule has 0 bridgehead atoms. The van der Waals surface area contributed by atoms with E-state index in [4.69, 9.17) is 16.7 Å². The summed E-state index contributed by atoms with van der Waals surface area (Å²) in [5, 5.41) is 22.0. The molecule has 2 N–H and O–H groups in total. The second kappa shape index (κ2) is 8.04. The predicted octanol–water partition coefficient (Wildman–Crippen LogP) is 0.323. The largest absolute Gasteiger partial charge is 0.395 e. The normalized spacial score (nSPS) is 15.2. The van der Waals surface area contributed by atoms with Crippen LogP contribution in [0.2, 0.25) is 5.02 Å². The van der Waals surface area contributed by atoms with Crippen molar-refractivity contribution >= 4 is 34.8 Å². The SMILES string of the molecule is O=C(Nc1ccc(Cl)c([N+](=O)[O-])c1)C(=O)N1CCN(CCO)CC1. The van der Waals surface area contributed by atoms with Crippen LogP contribution in [0.25, 0.3) is 0 Å². The molecule has 0 aromatic heterocycles. The Hall–Kier alpha value is -2.23. The summed E-state index contributed by atoms with van der Waals surface area (Å²) < 4.78 is 0. The molecule has 0 saturated carbocycles. The lowest BCUT2D eigenvalue weighted by Gasteiger charge is -2.33. The van der Waals surface area contributed by atoms with Crippen molar-refractivity contribution in [2.24, 2.45) is 0 Å². The molecule has 2 amide bonds. The highest BCUT2D eigenvalue weighted by atomic mass is 35.5. The minimum atomic E-state index is -0.859. The van der Waals surface area contributed by atoms with Gasteiger partial charge in [0.05, 0.1) is 11.5 Å². The fourth-order valence-electron chi connectivity index (χ4n) is 2.37. The molecule has 1 aliphatic heterocycles. The number of nitrogens with one attached hydrogen (secondary N) is 1. The van der Waals surface area contributed by atoms with Crippen molar-refractivity contribution in [1.29, 1.82) is 0 Å². The number of nitro benzene ring substituents is 1. The van der Waals surface area contributed by atoms with Crippen LogP contribution in [0.15, 0.2) is 18.2 Å². The van der Waals surface area contributed by atoms with Crippen molar-refractivity contribution in [3.8, 4) is 0 Å². The highest BCUT2D eigenvalue weighted by Gasteiger charge is 2.26. The standard InChI is InChI=1S/C14H17ClN4O5/c15-11-2-1-10(9-12(11)19(23)24)16-13(21)14(22)18-5-3-17(4-6-18)7-8-20/h1-2,9,20H,3-8H2,(H,16,21). The fourth-order valence-corrected chi connectivity index (χ4v) is 2.56. The van der Waals surface area contributed by atoms with Gasteiger partial charge < -0.3 is 15.3 Å². The van der Waals surface area contributed by atoms with E-state index in [1.54, 1.807) is 0 Å². The number of hydrogen-bond acceptors (Lipinski definition) is 6.